The predicted molar refractivity (Wildman–Crippen MR) is 64.1 cm³/mol. The van der Waals surface area contributed by atoms with Gasteiger partial charge in [-0.3, -0.25) is 4.79 Å². The van der Waals surface area contributed by atoms with Gasteiger partial charge < -0.3 is 15.3 Å². The maximum Gasteiger partial charge on any atom is 0.236 e. The molecule has 0 aromatic heterocycles. The second-order valence-electron chi connectivity index (χ2n) is 4.38. The van der Waals surface area contributed by atoms with Gasteiger partial charge in [0, 0.05) is 19.6 Å². The summed E-state index contributed by atoms with van der Waals surface area (Å²) >= 11 is 0. The number of hydrogen-bond acceptors (Lipinski definition) is 3. The summed E-state index contributed by atoms with van der Waals surface area (Å²) in [7, 11) is 0. The van der Waals surface area contributed by atoms with Crippen LogP contribution in [0.5, 0.6) is 0 Å². The molecule has 1 aliphatic rings. The Balaban J connectivity index is 2.24. The van der Waals surface area contributed by atoms with E-state index in [9.17, 15) is 9.90 Å². The van der Waals surface area contributed by atoms with Crippen molar-refractivity contribution in [3.8, 4) is 0 Å². The van der Waals surface area contributed by atoms with Crippen LogP contribution in [0, 0.1) is 5.92 Å². The van der Waals surface area contributed by atoms with Crippen LogP contribution in [-0.4, -0.2) is 48.2 Å². The van der Waals surface area contributed by atoms with Crippen molar-refractivity contribution in [2.24, 2.45) is 5.92 Å². The molecule has 1 aliphatic heterocycles. The lowest BCUT2D eigenvalue weighted by Gasteiger charge is -2.33. The fraction of sp³-hybridized carbons (Fsp3) is 0.750. The van der Waals surface area contributed by atoms with Crippen molar-refractivity contribution >= 4 is 5.91 Å². The number of nitrogens with one attached hydrogen (secondary N) is 1. The van der Waals surface area contributed by atoms with Crippen LogP contribution in [0.15, 0.2) is 12.7 Å². The summed E-state index contributed by atoms with van der Waals surface area (Å²) in [5.41, 5.74) is 0. The third-order valence-corrected chi connectivity index (χ3v) is 3.14. The zero-order chi connectivity index (χ0) is 12.0. The Labute approximate surface area is 97.3 Å². The Morgan fingerprint density at radius 2 is 2.25 bits per heavy atom. The van der Waals surface area contributed by atoms with Crippen molar-refractivity contribution in [2.75, 3.05) is 26.2 Å². The second-order valence-corrected chi connectivity index (χ2v) is 4.38. The Bertz CT molecular complexity index is 233. The van der Waals surface area contributed by atoms with Gasteiger partial charge in [-0.1, -0.05) is 6.08 Å². The molecule has 1 saturated heterocycles. The fourth-order valence-corrected chi connectivity index (χ4v) is 2.02. The molecule has 1 unspecified atom stereocenters. The molecule has 1 heterocycles. The van der Waals surface area contributed by atoms with Gasteiger partial charge in [0.15, 0.2) is 0 Å². The van der Waals surface area contributed by atoms with E-state index < -0.39 is 0 Å². The van der Waals surface area contributed by atoms with Gasteiger partial charge in [0.25, 0.3) is 0 Å². The summed E-state index contributed by atoms with van der Waals surface area (Å²) in [6.45, 7) is 7.99. The Kier molecular flexibility index (Phi) is 5.49. The molecule has 16 heavy (non-hydrogen) atoms. The van der Waals surface area contributed by atoms with Gasteiger partial charge in [0.05, 0.1) is 12.6 Å². The number of aliphatic hydroxyl groups excluding tert-OH is 1. The zero-order valence-corrected chi connectivity index (χ0v) is 9.98. The van der Waals surface area contributed by atoms with Gasteiger partial charge in [-0.05, 0) is 25.7 Å². The number of amides is 1. The van der Waals surface area contributed by atoms with E-state index >= 15 is 0 Å². The topological polar surface area (TPSA) is 52.6 Å². The highest BCUT2D eigenvalue weighted by Gasteiger charge is 2.24. The minimum atomic E-state index is -0.254. The smallest absolute Gasteiger partial charge is 0.236 e. The van der Waals surface area contributed by atoms with Crippen LogP contribution in [0.25, 0.3) is 0 Å². The Hall–Kier alpha value is -0.870. The lowest BCUT2D eigenvalue weighted by Crippen LogP contribution is -2.44. The first-order valence-electron chi connectivity index (χ1n) is 5.92. The van der Waals surface area contributed by atoms with Crippen LogP contribution in [0.1, 0.15) is 19.8 Å². The van der Waals surface area contributed by atoms with Crippen LogP contribution >= 0.6 is 0 Å². The molecule has 1 amide bonds. The van der Waals surface area contributed by atoms with Crippen molar-refractivity contribution in [2.45, 2.75) is 25.9 Å². The van der Waals surface area contributed by atoms with Gasteiger partial charge in [-0.15, -0.1) is 6.58 Å². The quantitative estimate of drug-likeness (QED) is 0.526. The third-order valence-electron chi connectivity index (χ3n) is 3.14. The largest absolute Gasteiger partial charge is 0.393 e. The normalized spacial score (nSPS) is 19.5. The number of carbonyl (C=O) groups is 1. The van der Waals surface area contributed by atoms with Crippen molar-refractivity contribution in [3.05, 3.63) is 12.7 Å². The maximum atomic E-state index is 11.7. The molecule has 0 aromatic carbocycles. The summed E-state index contributed by atoms with van der Waals surface area (Å²) in [4.78, 5) is 13.6. The number of hydrogen-bond donors (Lipinski definition) is 2. The van der Waals surface area contributed by atoms with E-state index in [0.29, 0.717) is 19.0 Å². The van der Waals surface area contributed by atoms with Crippen molar-refractivity contribution in [3.63, 3.8) is 0 Å². The van der Waals surface area contributed by atoms with Gasteiger partial charge in [0.1, 0.15) is 0 Å². The average molecular weight is 226 g/mol. The summed E-state index contributed by atoms with van der Waals surface area (Å²) in [6, 6.07) is 0. The van der Waals surface area contributed by atoms with Crippen molar-refractivity contribution in [1.82, 2.24) is 10.2 Å². The maximum absolute atomic E-state index is 11.7. The van der Waals surface area contributed by atoms with Gasteiger partial charge in [-0.25, -0.2) is 0 Å². The van der Waals surface area contributed by atoms with Crippen LogP contribution in [0.2, 0.25) is 0 Å². The molecule has 92 valence electrons. The average Bonchev–Trinajstić information content (AvgIpc) is 2.29. The summed E-state index contributed by atoms with van der Waals surface area (Å²) < 4.78 is 0. The molecule has 1 rings (SSSR count). The highest BCUT2D eigenvalue weighted by Crippen LogP contribution is 2.20. The third kappa shape index (κ3) is 3.94. The van der Waals surface area contributed by atoms with Crippen LogP contribution in [0.3, 0.4) is 0 Å². The molecule has 0 bridgehead atoms. The monoisotopic (exact) mass is 226 g/mol. The number of carbonyl (C=O) groups excluding carboxylic acids is 1. The zero-order valence-electron chi connectivity index (χ0n) is 9.98. The van der Waals surface area contributed by atoms with E-state index in [2.05, 4.69) is 11.9 Å². The molecule has 0 radical (unpaired) electrons. The number of piperidine rings is 1. The van der Waals surface area contributed by atoms with Crippen LogP contribution in [0.4, 0.5) is 0 Å². The van der Waals surface area contributed by atoms with E-state index in [-0.39, 0.29) is 12.0 Å². The molecule has 1 fully saturated rings. The molecule has 0 saturated carbocycles. The van der Waals surface area contributed by atoms with Crippen LogP contribution < -0.4 is 5.32 Å². The standard InChI is InChI=1S/C12H22N2O2/c1-3-6-13-9-12(16)14-7-4-11(5-8-14)10(2)15/h3,10-11,13,15H,1,4-9H2,2H3. The lowest BCUT2D eigenvalue weighted by molar-refractivity contribution is -0.132. The fourth-order valence-electron chi connectivity index (χ4n) is 2.02. The first-order valence-corrected chi connectivity index (χ1v) is 5.92. The SMILES string of the molecule is C=CCNCC(=O)N1CCC(C(C)O)CC1. The van der Waals surface area contributed by atoms with E-state index in [1.54, 1.807) is 6.08 Å². The molecule has 2 N–H and O–H groups in total. The van der Waals surface area contributed by atoms with Crippen molar-refractivity contribution < 1.29 is 9.90 Å². The molecular weight excluding hydrogens is 204 g/mol. The number of rotatable bonds is 5. The van der Waals surface area contributed by atoms with Gasteiger partial charge in [-0.2, -0.15) is 0 Å². The predicted octanol–water partition coefficient (Wildman–Crippen LogP) is 0.381. The molecule has 0 aromatic rings. The van der Waals surface area contributed by atoms with Gasteiger partial charge in [0.2, 0.25) is 5.91 Å². The minimum absolute atomic E-state index is 0.144. The summed E-state index contributed by atoms with van der Waals surface area (Å²) in [6.07, 6.45) is 3.30. The Morgan fingerprint density at radius 1 is 1.62 bits per heavy atom. The molecule has 0 spiro atoms. The summed E-state index contributed by atoms with van der Waals surface area (Å²) in [5, 5.41) is 12.5. The van der Waals surface area contributed by atoms with Crippen LogP contribution in [-0.2, 0) is 4.79 Å². The minimum Gasteiger partial charge on any atom is -0.393 e. The Morgan fingerprint density at radius 3 is 2.75 bits per heavy atom. The molecule has 1 atom stereocenters. The number of likely N-dealkylation sites (tertiary alicyclic amines) is 1. The highest BCUT2D eigenvalue weighted by atomic mass is 16.3. The highest BCUT2D eigenvalue weighted by molar-refractivity contribution is 5.78. The van der Waals surface area contributed by atoms with E-state index in [1.807, 2.05) is 11.8 Å². The summed E-state index contributed by atoms with van der Waals surface area (Å²) in [5.74, 6) is 0.496. The van der Waals surface area contributed by atoms with E-state index in [4.69, 9.17) is 0 Å². The van der Waals surface area contributed by atoms with E-state index in [1.165, 1.54) is 0 Å². The molecule has 4 heteroatoms. The number of nitrogens with zero attached hydrogens (tertiary/aromatic N) is 1. The first-order chi connectivity index (χ1) is 7.65. The van der Waals surface area contributed by atoms with E-state index in [0.717, 1.165) is 25.9 Å². The second kappa shape index (κ2) is 6.66. The van der Waals surface area contributed by atoms with Crippen molar-refractivity contribution in [1.29, 1.82) is 0 Å². The molecule has 0 aliphatic carbocycles. The molecule has 4 nitrogen and oxygen atoms in total. The first kappa shape index (κ1) is 13.2. The number of aliphatic hydroxyl groups is 1. The van der Waals surface area contributed by atoms with Gasteiger partial charge >= 0.3 is 0 Å². The molecular formula is C12H22N2O2. The lowest BCUT2D eigenvalue weighted by atomic mass is 9.92.